The van der Waals surface area contributed by atoms with Crippen LogP contribution in [-0.4, -0.2) is 45.1 Å². The van der Waals surface area contributed by atoms with E-state index in [0.29, 0.717) is 0 Å². The Kier molecular flexibility index (Phi) is 83.3. The van der Waals surface area contributed by atoms with Crippen LogP contribution in [0.15, 0.2) is 0 Å². The van der Waals surface area contributed by atoms with Gasteiger partial charge in [-0.2, -0.15) is 0 Å². The van der Waals surface area contributed by atoms with Crippen molar-refractivity contribution in [1.82, 2.24) is 0 Å². The minimum Gasteiger partial charge on any atom is -0.0615 e. The van der Waals surface area contributed by atoms with Gasteiger partial charge in [0, 0.05) is 45.1 Å². The zero-order chi connectivity index (χ0) is 2.00. The minimum absolute atomic E-state index is 0. The van der Waals surface area contributed by atoms with Crippen molar-refractivity contribution in [2.45, 2.75) is 0 Å². The molecule has 0 aromatic heterocycles. The standard InChI is InChI=1S/Bi.Li.HPS/c;;1-2/h;;1H. The van der Waals surface area contributed by atoms with Gasteiger partial charge in [-0.3, -0.25) is 0 Å². The van der Waals surface area contributed by atoms with Gasteiger partial charge in [-0.25, -0.2) is 0 Å². The van der Waals surface area contributed by atoms with E-state index in [2.05, 4.69) is 19.8 Å². The fourth-order valence-corrected chi connectivity index (χ4v) is 0. The van der Waals surface area contributed by atoms with Crippen LogP contribution in [0.3, 0.4) is 0 Å². The van der Waals surface area contributed by atoms with Crippen molar-refractivity contribution < 1.29 is 0 Å². The van der Waals surface area contributed by atoms with E-state index in [4.69, 9.17) is 0 Å². The first-order chi connectivity index (χ1) is 1.00. The maximum Gasteiger partial charge on any atom is 0 e. The number of rotatable bonds is 0. The monoisotopic (exact) mass is 280 g/mol. The average molecular weight is 280 g/mol. The molecular weight excluding hydrogens is 279 g/mol. The summed E-state index contributed by atoms with van der Waals surface area (Å²) in [6, 6.07) is 0. The van der Waals surface area contributed by atoms with E-state index in [-0.39, 0.29) is 45.1 Å². The smallest absolute Gasteiger partial charge is 0 e. The Hall–Kier alpha value is 2.00. The molecule has 4 heteroatoms. The molecule has 4 heavy (non-hydrogen) atoms. The van der Waals surface area contributed by atoms with Crippen LogP contribution in [0.4, 0.5) is 0 Å². The molecule has 0 aliphatic heterocycles. The molecule has 0 N–H and O–H groups in total. The van der Waals surface area contributed by atoms with Gasteiger partial charge in [0.2, 0.25) is 0 Å². The molecule has 0 fully saturated rings. The van der Waals surface area contributed by atoms with Gasteiger partial charge in [-0.1, -0.05) is 11.8 Å². The molecule has 0 unspecified atom stereocenters. The fraction of sp³-hybridized carbons (Fsp3) is 0. The summed E-state index contributed by atoms with van der Waals surface area (Å²) in [6.07, 6.45) is 0. The minimum atomic E-state index is 0. The molecule has 0 aromatic rings. The Morgan fingerprint density at radius 1 is 1.25 bits per heavy atom. The normalized spacial score (nSPS) is 1.00. The topological polar surface area (TPSA) is 0 Å². The Morgan fingerprint density at radius 2 is 1.25 bits per heavy atom. The average Bonchev–Trinajstić information content (AvgIpc) is 1.00. The molecule has 0 spiro atoms. The molecule has 0 bridgehead atoms. The van der Waals surface area contributed by atoms with Crippen LogP contribution in [0.1, 0.15) is 0 Å². The number of hydrogen-bond donors (Lipinski definition) is 0. The summed E-state index contributed by atoms with van der Waals surface area (Å²) in [5.74, 6) is 0. The third-order valence-electron chi connectivity index (χ3n) is 0. The van der Waals surface area contributed by atoms with Crippen molar-refractivity contribution in [3.63, 3.8) is 0 Å². The third-order valence-corrected chi connectivity index (χ3v) is 0. The van der Waals surface area contributed by atoms with Crippen LogP contribution >= 0.6 is 8.02 Å². The van der Waals surface area contributed by atoms with Gasteiger partial charge >= 0.3 is 0 Å². The van der Waals surface area contributed by atoms with Gasteiger partial charge in [-0.15, -0.1) is 0 Å². The molecule has 18 valence electrons. The fourth-order valence-electron chi connectivity index (χ4n) is 0. The van der Waals surface area contributed by atoms with Crippen molar-refractivity contribution in [3.8, 4) is 0 Å². The second kappa shape index (κ2) is 20.0. The first-order valence-corrected chi connectivity index (χ1v) is 1.84. The summed E-state index contributed by atoms with van der Waals surface area (Å²) in [4.78, 5) is 0. The molecule has 0 saturated carbocycles. The van der Waals surface area contributed by atoms with Crippen LogP contribution in [0.2, 0.25) is 0 Å². The van der Waals surface area contributed by atoms with E-state index >= 15 is 0 Å². The van der Waals surface area contributed by atoms with Crippen LogP contribution in [0.5, 0.6) is 0 Å². The quantitative estimate of drug-likeness (QED) is 0.438. The van der Waals surface area contributed by atoms with Crippen LogP contribution in [0.25, 0.3) is 0 Å². The second-order valence-electron chi connectivity index (χ2n) is 0. The van der Waals surface area contributed by atoms with Gasteiger partial charge in [-0.05, 0) is 8.02 Å². The van der Waals surface area contributed by atoms with Gasteiger partial charge < -0.3 is 0 Å². The van der Waals surface area contributed by atoms with Crippen LogP contribution < -0.4 is 0 Å². The molecule has 0 heterocycles. The summed E-state index contributed by atoms with van der Waals surface area (Å²) in [6.45, 7) is 0. The van der Waals surface area contributed by atoms with Gasteiger partial charge in [0.15, 0.2) is 0 Å². The van der Waals surface area contributed by atoms with Crippen LogP contribution in [0, 0.1) is 0 Å². The second-order valence-corrected chi connectivity index (χ2v) is 0. The predicted octanol–water partition coefficient (Wildman–Crippen LogP) is -0.171. The summed E-state index contributed by atoms with van der Waals surface area (Å²) in [5, 5.41) is 0. The summed E-state index contributed by atoms with van der Waals surface area (Å²) in [7, 11) is 2.56. The largest absolute Gasteiger partial charge is 0.0615 e. The molecule has 0 amide bonds. The molecule has 0 aromatic carbocycles. The molecule has 0 aliphatic carbocycles. The molecule has 4 radical (unpaired) electrons. The Balaban J connectivity index is -0.00000000500. The zero-order valence-electron chi connectivity index (χ0n) is 2.36. The maximum absolute atomic E-state index is 3.89. The summed E-state index contributed by atoms with van der Waals surface area (Å²) < 4.78 is 0. The van der Waals surface area contributed by atoms with E-state index in [1.54, 1.807) is 0 Å². The van der Waals surface area contributed by atoms with E-state index in [0.717, 1.165) is 0 Å². The van der Waals surface area contributed by atoms with E-state index in [1.807, 2.05) is 0 Å². The van der Waals surface area contributed by atoms with Crippen molar-refractivity contribution >= 4 is 64.9 Å². The van der Waals surface area contributed by atoms with Gasteiger partial charge in [0.25, 0.3) is 0 Å². The molecule has 0 rings (SSSR count). The Morgan fingerprint density at radius 3 is 1.25 bits per heavy atom. The Labute approximate surface area is 64.3 Å². The van der Waals surface area contributed by atoms with E-state index in [1.165, 1.54) is 0 Å². The van der Waals surface area contributed by atoms with Crippen molar-refractivity contribution in [1.29, 1.82) is 0 Å². The molecule has 0 aliphatic rings. The predicted molar refractivity (Wildman–Crippen MR) is 27.2 cm³/mol. The maximum atomic E-state index is 3.89. The molecular formula is HBiLiPS. The van der Waals surface area contributed by atoms with Crippen LogP contribution in [-0.2, 0) is 11.8 Å². The Bertz CT molecular complexity index is 8.00. The van der Waals surface area contributed by atoms with Crippen molar-refractivity contribution in [2.75, 3.05) is 0 Å². The zero-order valence-corrected chi connectivity index (χ0v) is 7.65. The SMILES string of the molecule is P=S.[Bi].[Li]. The van der Waals surface area contributed by atoms with E-state index in [9.17, 15) is 0 Å². The van der Waals surface area contributed by atoms with Gasteiger partial charge in [0.1, 0.15) is 0 Å². The van der Waals surface area contributed by atoms with E-state index < -0.39 is 0 Å². The first kappa shape index (κ1) is 16.7. The third kappa shape index (κ3) is 9.00. The molecule has 0 atom stereocenters. The summed E-state index contributed by atoms with van der Waals surface area (Å²) >= 11 is 3.89. The van der Waals surface area contributed by atoms with Gasteiger partial charge in [0.05, 0.1) is 0 Å². The number of hydrogen-bond acceptors (Lipinski definition) is 1. The van der Waals surface area contributed by atoms with Crippen molar-refractivity contribution in [2.24, 2.45) is 0 Å². The summed E-state index contributed by atoms with van der Waals surface area (Å²) in [5.41, 5.74) is 0. The van der Waals surface area contributed by atoms with Crippen molar-refractivity contribution in [3.05, 3.63) is 0 Å². The first-order valence-electron chi connectivity index (χ1n) is 0.204. The molecule has 0 saturated heterocycles. The molecule has 0 nitrogen and oxygen atoms in total.